The average Bonchev–Trinajstić information content (AvgIpc) is 2.73. The number of sulfonamides is 1. The van der Waals surface area contributed by atoms with Crippen LogP contribution in [0, 0.1) is 0 Å². The van der Waals surface area contributed by atoms with Crippen LogP contribution in [-0.2, 0) is 27.6 Å². The second-order valence-electron chi connectivity index (χ2n) is 7.84. The van der Waals surface area contributed by atoms with Crippen molar-refractivity contribution in [2.24, 2.45) is 0 Å². The topological polar surface area (TPSA) is 53.1 Å². The van der Waals surface area contributed by atoms with E-state index in [1.54, 1.807) is 4.31 Å². The Morgan fingerprint density at radius 2 is 1.44 bits per heavy atom. The van der Waals surface area contributed by atoms with Gasteiger partial charge in [-0.2, -0.15) is 4.31 Å². The molecule has 0 radical (unpaired) electrons. The first-order valence-electron chi connectivity index (χ1n) is 10.3. The van der Waals surface area contributed by atoms with Gasteiger partial charge in [-0.05, 0) is 48.9 Å². The summed E-state index contributed by atoms with van der Waals surface area (Å²) in [4.78, 5) is 5.29. The van der Waals surface area contributed by atoms with E-state index in [9.17, 15) is 8.42 Å². The molecule has 2 aliphatic heterocycles. The van der Waals surface area contributed by atoms with Crippen molar-refractivity contribution < 1.29 is 13.2 Å². The first-order chi connectivity index (χ1) is 13.1. The molecule has 2 fully saturated rings. The van der Waals surface area contributed by atoms with Crippen LogP contribution in [0.2, 0.25) is 0 Å². The summed E-state index contributed by atoms with van der Waals surface area (Å²) in [5.41, 5.74) is 2.56. The minimum absolute atomic E-state index is 0.477. The Bertz CT molecular complexity index is 739. The summed E-state index contributed by atoms with van der Waals surface area (Å²) in [5.74, 6) is 0. The predicted molar refractivity (Wildman–Crippen MR) is 106 cm³/mol. The van der Waals surface area contributed by atoms with Gasteiger partial charge in [0, 0.05) is 52.4 Å². The zero-order chi connectivity index (χ0) is 18.7. The molecule has 150 valence electrons. The number of benzene rings is 1. The van der Waals surface area contributed by atoms with Crippen LogP contribution in [0.15, 0.2) is 23.1 Å². The van der Waals surface area contributed by atoms with Crippen LogP contribution in [0.3, 0.4) is 0 Å². The van der Waals surface area contributed by atoms with Crippen molar-refractivity contribution in [1.82, 2.24) is 14.1 Å². The third-order valence-electron chi connectivity index (χ3n) is 6.13. The highest BCUT2D eigenvalue weighted by molar-refractivity contribution is 7.89. The summed E-state index contributed by atoms with van der Waals surface area (Å²) in [6, 6.07) is 5.76. The molecule has 1 aliphatic carbocycles. The second-order valence-corrected chi connectivity index (χ2v) is 9.78. The Morgan fingerprint density at radius 1 is 0.815 bits per heavy atom. The highest BCUT2D eigenvalue weighted by Gasteiger charge is 2.29. The second kappa shape index (κ2) is 8.57. The predicted octanol–water partition coefficient (Wildman–Crippen LogP) is 1.20. The van der Waals surface area contributed by atoms with E-state index < -0.39 is 10.0 Å². The van der Waals surface area contributed by atoms with E-state index in [0.717, 1.165) is 71.7 Å². The van der Waals surface area contributed by atoms with Gasteiger partial charge >= 0.3 is 0 Å². The van der Waals surface area contributed by atoms with Gasteiger partial charge in [0.2, 0.25) is 10.0 Å². The van der Waals surface area contributed by atoms with E-state index in [1.807, 2.05) is 18.2 Å². The summed E-state index contributed by atoms with van der Waals surface area (Å²) in [5, 5.41) is 0. The molecular formula is C20H31N3O3S. The highest BCUT2D eigenvalue weighted by Crippen LogP contribution is 2.26. The van der Waals surface area contributed by atoms with Crippen LogP contribution in [0.5, 0.6) is 0 Å². The number of nitrogens with zero attached hydrogens (tertiary/aromatic N) is 3. The molecule has 0 spiro atoms. The summed E-state index contributed by atoms with van der Waals surface area (Å²) in [6.45, 7) is 8.51. The number of aryl methyl sites for hydroxylation is 2. The lowest BCUT2D eigenvalue weighted by atomic mass is 9.92. The van der Waals surface area contributed by atoms with Crippen LogP contribution in [0.25, 0.3) is 0 Å². The molecule has 0 saturated carbocycles. The molecule has 4 rings (SSSR count). The van der Waals surface area contributed by atoms with Crippen molar-refractivity contribution >= 4 is 10.0 Å². The van der Waals surface area contributed by atoms with Crippen molar-refractivity contribution in [1.29, 1.82) is 0 Å². The molecule has 27 heavy (non-hydrogen) atoms. The van der Waals surface area contributed by atoms with E-state index >= 15 is 0 Å². The minimum atomic E-state index is -3.37. The van der Waals surface area contributed by atoms with Gasteiger partial charge in [-0.1, -0.05) is 6.07 Å². The van der Waals surface area contributed by atoms with Crippen molar-refractivity contribution in [3.8, 4) is 0 Å². The molecule has 1 aromatic rings. The molecule has 0 atom stereocenters. The SMILES string of the molecule is O=S(=O)(c1ccc2c(c1)CCCC2)N1CCN(CCN2CCOCC2)CC1. The number of hydrogen-bond donors (Lipinski definition) is 0. The van der Waals surface area contributed by atoms with Crippen molar-refractivity contribution in [2.75, 3.05) is 65.6 Å². The number of rotatable bonds is 5. The molecule has 6 nitrogen and oxygen atoms in total. The fourth-order valence-corrected chi connectivity index (χ4v) is 5.79. The minimum Gasteiger partial charge on any atom is -0.379 e. The lowest BCUT2D eigenvalue weighted by Gasteiger charge is -2.35. The standard InChI is InChI=1S/C20H31N3O3S/c24-27(25,20-6-5-18-3-1-2-4-19(18)17-20)23-11-9-21(10-12-23)7-8-22-13-15-26-16-14-22/h5-6,17H,1-4,7-16H2. The van der Waals surface area contributed by atoms with E-state index in [2.05, 4.69) is 9.80 Å². The zero-order valence-corrected chi connectivity index (χ0v) is 16.9. The number of piperazine rings is 1. The molecular weight excluding hydrogens is 362 g/mol. The molecule has 7 heteroatoms. The number of ether oxygens (including phenoxy) is 1. The maximum Gasteiger partial charge on any atom is 0.243 e. The normalized spacial score (nSPS) is 23.3. The molecule has 0 aromatic heterocycles. The first-order valence-corrected chi connectivity index (χ1v) is 11.7. The third kappa shape index (κ3) is 4.54. The Balaban J connectivity index is 1.33. The number of hydrogen-bond acceptors (Lipinski definition) is 5. The Morgan fingerprint density at radius 3 is 2.15 bits per heavy atom. The van der Waals surface area contributed by atoms with Crippen molar-refractivity contribution in [2.45, 2.75) is 30.6 Å². The zero-order valence-electron chi connectivity index (χ0n) is 16.1. The Labute approximate surface area is 163 Å². The van der Waals surface area contributed by atoms with E-state index in [4.69, 9.17) is 4.74 Å². The Kier molecular flexibility index (Phi) is 6.14. The van der Waals surface area contributed by atoms with Gasteiger partial charge in [-0.3, -0.25) is 9.80 Å². The maximum atomic E-state index is 13.1. The van der Waals surface area contributed by atoms with Crippen molar-refractivity contribution in [3.63, 3.8) is 0 Å². The number of morpholine rings is 1. The lowest BCUT2D eigenvalue weighted by molar-refractivity contribution is 0.0317. The van der Waals surface area contributed by atoms with E-state index in [-0.39, 0.29) is 0 Å². The monoisotopic (exact) mass is 393 g/mol. The van der Waals surface area contributed by atoms with Crippen LogP contribution >= 0.6 is 0 Å². The van der Waals surface area contributed by atoms with E-state index in [1.165, 1.54) is 17.5 Å². The average molecular weight is 394 g/mol. The van der Waals surface area contributed by atoms with Gasteiger partial charge in [0.1, 0.15) is 0 Å². The summed E-state index contributed by atoms with van der Waals surface area (Å²) < 4.78 is 33.2. The van der Waals surface area contributed by atoms with E-state index in [0.29, 0.717) is 18.0 Å². The van der Waals surface area contributed by atoms with Crippen LogP contribution in [-0.4, -0.2) is 88.1 Å². The number of fused-ring (bicyclic) bond motifs is 1. The smallest absolute Gasteiger partial charge is 0.243 e. The molecule has 0 amide bonds. The molecule has 0 N–H and O–H groups in total. The molecule has 3 aliphatic rings. The molecule has 2 heterocycles. The highest BCUT2D eigenvalue weighted by atomic mass is 32.2. The molecule has 0 unspecified atom stereocenters. The van der Waals surface area contributed by atoms with Crippen molar-refractivity contribution in [3.05, 3.63) is 29.3 Å². The van der Waals surface area contributed by atoms with Gasteiger partial charge in [0.05, 0.1) is 18.1 Å². The summed E-state index contributed by atoms with van der Waals surface area (Å²) in [6.07, 6.45) is 4.47. The largest absolute Gasteiger partial charge is 0.379 e. The van der Waals surface area contributed by atoms with Gasteiger partial charge < -0.3 is 4.74 Å². The molecule has 1 aromatic carbocycles. The first kappa shape index (κ1) is 19.3. The quantitative estimate of drug-likeness (QED) is 0.753. The maximum absolute atomic E-state index is 13.1. The summed E-state index contributed by atoms with van der Waals surface area (Å²) in [7, 11) is -3.37. The fraction of sp³-hybridized carbons (Fsp3) is 0.700. The molecule has 2 saturated heterocycles. The summed E-state index contributed by atoms with van der Waals surface area (Å²) >= 11 is 0. The fourth-order valence-electron chi connectivity index (χ4n) is 4.32. The van der Waals surface area contributed by atoms with Gasteiger partial charge in [0.25, 0.3) is 0 Å². The lowest BCUT2D eigenvalue weighted by Crippen LogP contribution is -2.50. The van der Waals surface area contributed by atoms with Gasteiger partial charge in [-0.25, -0.2) is 8.42 Å². The molecule has 0 bridgehead atoms. The Hall–Kier alpha value is -0.990. The van der Waals surface area contributed by atoms with Crippen LogP contribution in [0.4, 0.5) is 0 Å². The van der Waals surface area contributed by atoms with Gasteiger partial charge in [0.15, 0.2) is 0 Å². The van der Waals surface area contributed by atoms with Crippen LogP contribution in [0.1, 0.15) is 24.0 Å². The van der Waals surface area contributed by atoms with Gasteiger partial charge in [-0.15, -0.1) is 0 Å². The van der Waals surface area contributed by atoms with Crippen LogP contribution < -0.4 is 0 Å². The third-order valence-corrected chi connectivity index (χ3v) is 8.02.